The SMILES string of the molecule is CC#CCOc1ccc(S(=O)(=O)C2(C(=O)O)CCN(C(C)=O)CC2)cc1. The second-order valence-electron chi connectivity index (χ2n) is 6.00. The minimum Gasteiger partial charge on any atom is -0.481 e. The maximum atomic E-state index is 13.1. The number of amides is 1. The van der Waals surface area contributed by atoms with E-state index >= 15 is 0 Å². The maximum Gasteiger partial charge on any atom is 0.325 e. The van der Waals surface area contributed by atoms with Crippen molar-refractivity contribution in [1.29, 1.82) is 0 Å². The molecule has 0 unspecified atom stereocenters. The van der Waals surface area contributed by atoms with Gasteiger partial charge in [-0.05, 0) is 44.0 Å². The summed E-state index contributed by atoms with van der Waals surface area (Å²) in [5, 5.41) is 9.69. The Bertz CT molecular complexity index is 840. The van der Waals surface area contributed by atoms with Crippen LogP contribution in [0.25, 0.3) is 0 Å². The average molecular weight is 379 g/mol. The van der Waals surface area contributed by atoms with Crippen LogP contribution in [0.4, 0.5) is 0 Å². The largest absolute Gasteiger partial charge is 0.481 e. The van der Waals surface area contributed by atoms with Crippen molar-refractivity contribution in [2.45, 2.75) is 36.3 Å². The molecule has 140 valence electrons. The van der Waals surface area contributed by atoms with Crippen molar-refractivity contribution < 1.29 is 27.9 Å². The molecule has 1 aromatic carbocycles. The Labute approximate surface area is 152 Å². The van der Waals surface area contributed by atoms with Crippen LogP contribution < -0.4 is 4.74 Å². The van der Waals surface area contributed by atoms with E-state index in [0.717, 1.165) is 0 Å². The summed E-state index contributed by atoms with van der Waals surface area (Å²) in [7, 11) is -4.13. The van der Waals surface area contributed by atoms with Gasteiger partial charge in [-0.3, -0.25) is 9.59 Å². The highest BCUT2D eigenvalue weighted by atomic mass is 32.2. The van der Waals surface area contributed by atoms with Crippen molar-refractivity contribution in [2.75, 3.05) is 19.7 Å². The van der Waals surface area contributed by atoms with E-state index in [9.17, 15) is 23.1 Å². The minimum absolute atomic E-state index is 0.0786. The lowest BCUT2D eigenvalue weighted by Crippen LogP contribution is -2.55. The fourth-order valence-corrected chi connectivity index (χ4v) is 4.81. The number of benzene rings is 1. The van der Waals surface area contributed by atoms with Gasteiger partial charge in [0.1, 0.15) is 12.4 Å². The molecule has 0 bridgehead atoms. The van der Waals surface area contributed by atoms with Gasteiger partial charge in [0.25, 0.3) is 0 Å². The molecule has 1 saturated heterocycles. The highest BCUT2D eigenvalue weighted by molar-refractivity contribution is 7.93. The fourth-order valence-electron chi connectivity index (χ4n) is 2.91. The second-order valence-corrected chi connectivity index (χ2v) is 8.26. The van der Waals surface area contributed by atoms with E-state index in [4.69, 9.17) is 4.74 Å². The summed E-state index contributed by atoms with van der Waals surface area (Å²) in [6, 6.07) is 5.63. The summed E-state index contributed by atoms with van der Waals surface area (Å²) in [4.78, 5) is 24.7. The van der Waals surface area contributed by atoms with Crippen LogP contribution in [0, 0.1) is 11.8 Å². The molecular formula is C18H21NO6S. The van der Waals surface area contributed by atoms with E-state index in [2.05, 4.69) is 11.8 Å². The molecule has 8 heteroatoms. The zero-order chi connectivity index (χ0) is 19.4. The zero-order valence-electron chi connectivity index (χ0n) is 14.7. The van der Waals surface area contributed by atoms with Gasteiger partial charge in [0, 0.05) is 20.0 Å². The number of carboxylic acid groups (broad SMARTS) is 1. The van der Waals surface area contributed by atoms with E-state index in [0.29, 0.717) is 5.75 Å². The molecule has 0 saturated carbocycles. The van der Waals surface area contributed by atoms with Gasteiger partial charge in [-0.1, -0.05) is 5.92 Å². The third-order valence-electron chi connectivity index (χ3n) is 4.54. The van der Waals surface area contributed by atoms with E-state index in [1.165, 1.54) is 36.1 Å². The van der Waals surface area contributed by atoms with Crippen LogP contribution in [0.15, 0.2) is 29.2 Å². The molecule has 1 fully saturated rings. The predicted octanol–water partition coefficient (Wildman–Crippen LogP) is 1.33. The normalized spacial score (nSPS) is 16.3. The average Bonchev–Trinajstić information content (AvgIpc) is 2.62. The molecule has 0 spiro atoms. The third kappa shape index (κ3) is 3.68. The molecule has 26 heavy (non-hydrogen) atoms. The molecule has 0 radical (unpaired) electrons. The number of likely N-dealkylation sites (tertiary alicyclic amines) is 1. The first-order valence-corrected chi connectivity index (χ1v) is 9.59. The van der Waals surface area contributed by atoms with Gasteiger partial charge in [0.15, 0.2) is 14.6 Å². The number of piperidine rings is 1. The molecule has 1 aromatic rings. The van der Waals surface area contributed by atoms with Crippen LogP contribution in [0.2, 0.25) is 0 Å². The van der Waals surface area contributed by atoms with Gasteiger partial charge in [0.2, 0.25) is 5.91 Å². The molecule has 1 amide bonds. The summed E-state index contributed by atoms with van der Waals surface area (Å²) in [6.45, 7) is 3.43. The first-order chi connectivity index (χ1) is 12.2. The number of carbonyl (C=O) groups excluding carboxylic acids is 1. The molecule has 1 N–H and O–H groups in total. The number of aliphatic carboxylic acids is 1. The van der Waals surface area contributed by atoms with Crippen LogP contribution in [0.5, 0.6) is 5.75 Å². The second kappa shape index (κ2) is 7.79. The quantitative estimate of drug-likeness (QED) is 0.775. The van der Waals surface area contributed by atoms with Gasteiger partial charge >= 0.3 is 5.97 Å². The van der Waals surface area contributed by atoms with E-state index in [-0.39, 0.29) is 43.3 Å². The predicted molar refractivity (Wildman–Crippen MR) is 94.4 cm³/mol. The molecule has 1 aliphatic heterocycles. The summed E-state index contributed by atoms with van der Waals surface area (Å²) in [5.74, 6) is 4.27. The standard InChI is InChI=1S/C18H21NO6S/c1-3-4-13-25-15-5-7-16(8-6-15)26(23,24)18(17(21)22)9-11-19(12-10-18)14(2)20/h5-8H,9-13H2,1-2H3,(H,21,22). The van der Waals surface area contributed by atoms with E-state index in [1.54, 1.807) is 6.92 Å². The summed E-state index contributed by atoms with van der Waals surface area (Å²) < 4.78 is 29.5. The monoisotopic (exact) mass is 379 g/mol. The lowest BCUT2D eigenvalue weighted by atomic mass is 9.96. The maximum absolute atomic E-state index is 13.1. The van der Waals surface area contributed by atoms with Crippen molar-refractivity contribution in [3.8, 4) is 17.6 Å². The highest BCUT2D eigenvalue weighted by Crippen LogP contribution is 2.36. The number of nitrogens with zero attached hydrogens (tertiary/aromatic N) is 1. The molecule has 2 rings (SSSR count). The molecule has 1 heterocycles. The lowest BCUT2D eigenvalue weighted by molar-refractivity contribution is -0.143. The Morgan fingerprint density at radius 1 is 1.23 bits per heavy atom. The Kier molecular flexibility index (Phi) is 5.93. The van der Waals surface area contributed by atoms with E-state index < -0.39 is 20.6 Å². The Hall–Kier alpha value is -2.53. The van der Waals surface area contributed by atoms with Crippen LogP contribution in [-0.2, 0) is 19.4 Å². The highest BCUT2D eigenvalue weighted by Gasteiger charge is 2.53. The first kappa shape index (κ1) is 19.8. The number of carbonyl (C=O) groups is 2. The van der Waals surface area contributed by atoms with Crippen molar-refractivity contribution in [1.82, 2.24) is 4.90 Å². The fraction of sp³-hybridized carbons (Fsp3) is 0.444. The van der Waals surface area contributed by atoms with Crippen LogP contribution in [-0.4, -0.2) is 54.7 Å². The number of hydrogen-bond donors (Lipinski definition) is 1. The molecule has 0 aliphatic carbocycles. The number of hydrogen-bond acceptors (Lipinski definition) is 5. The van der Waals surface area contributed by atoms with Gasteiger partial charge < -0.3 is 14.7 Å². The van der Waals surface area contributed by atoms with Gasteiger partial charge in [-0.25, -0.2) is 8.42 Å². The molecule has 0 aromatic heterocycles. The van der Waals surface area contributed by atoms with Gasteiger partial charge in [-0.15, -0.1) is 5.92 Å². The van der Waals surface area contributed by atoms with Crippen molar-refractivity contribution in [2.24, 2.45) is 0 Å². The van der Waals surface area contributed by atoms with Crippen LogP contribution in [0.3, 0.4) is 0 Å². The number of sulfone groups is 1. The zero-order valence-corrected chi connectivity index (χ0v) is 15.5. The Morgan fingerprint density at radius 2 is 1.81 bits per heavy atom. The smallest absolute Gasteiger partial charge is 0.325 e. The number of carboxylic acids is 1. The van der Waals surface area contributed by atoms with E-state index in [1.807, 2.05) is 0 Å². The Balaban J connectivity index is 2.29. The summed E-state index contributed by atoms with van der Waals surface area (Å²) in [6.07, 6.45) is -0.289. The first-order valence-electron chi connectivity index (χ1n) is 8.10. The summed E-state index contributed by atoms with van der Waals surface area (Å²) >= 11 is 0. The van der Waals surface area contributed by atoms with Gasteiger partial charge in [-0.2, -0.15) is 0 Å². The molecular weight excluding hydrogens is 358 g/mol. The topological polar surface area (TPSA) is 101 Å². The van der Waals surface area contributed by atoms with Crippen LogP contribution >= 0.6 is 0 Å². The number of ether oxygens (including phenoxy) is 1. The third-order valence-corrected chi connectivity index (χ3v) is 7.05. The minimum atomic E-state index is -4.13. The van der Waals surface area contributed by atoms with Crippen molar-refractivity contribution in [3.63, 3.8) is 0 Å². The van der Waals surface area contributed by atoms with Gasteiger partial charge in [0.05, 0.1) is 4.90 Å². The lowest BCUT2D eigenvalue weighted by Gasteiger charge is -2.37. The summed E-state index contributed by atoms with van der Waals surface area (Å²) in [5.41, 5.74) is 0. The van der Waals surface area contributed by atoms with Crippen molar-refractivity contribution >= 4 is 21.7 Å². The van der Waals surface area contributed by atoms with Crippen molar-refractivity contribution in [3.05, 3.63) is 24.3 Å². The molecule has 0 atom stereocenters. The van der Waals surface area contributed by atoms with Crippen LogP contribution in [0.1, 0.15) is 26.7 Å². The molecule has 1 aliphatic rings. The Morgan fingerprint density at radius 3 is 2.27 bits per heavy atom. The number of rotatable bonds is 5. The molecule has 7 nitrogen and oxygen atoms in total.